The number of hydrogen-bond acceptors (Lipinski definition) is 4. The van der Waals surface area contributed by atoms with Crippen molar-refractivity contribution in [1.29, 1.82) is 0 Å². The average molecular weight is 707 g/mol. The molecular formula is C38H41Cl2N3O4S. The Bertz CT molecular complexity index is 1780. The first kappa shape index (κ1) is 35.5. The van der Waals surface area contributed by atoms with Crippen molar-refractivity contribution >= 4 is 50.7 Å². The lowest BCUT2D eigenvalue weighted by Crippen LogP contribution is -2.55. The number of sulfonamides is 1. The standard InChI is InChI=1S/C38H41Cl2N3O4S/c1-2-28-18-22-33(23-19-28)43(48(46,47)34-16-10-5-11-17-34)27-37(44)42(26-30-20-21-31(39)25-35(30)40)36(24-29-12-6-3-7-13-29)38(45)41-32-14-8-4-9-15-32/h3,5-7,10-13,16-23,25,32,36H,2,4,8-9,14-15,24,26-27H2,1H3,(H,41,45)/t36-/m0/s1. The molecule has 4 aromatic carbocycles. The fraction of sp³-hybridized carbons (Fsp3) is 0.316. The van der Waals surface area contributed by atoms with E-state index in [4.69, 9.17) is 23.2 Å². The van der Waals surface area contributed by atoms with Crippen molar-refractivity contribution in [3.63, 3.8) is 0 Å². The zero-order chi connectivity index (χ0) is 34.1. The molecule has 48 heavy (non-hydrogen) atoms. The van der Waals surface area contributed by atoms with Crippen molar-refractivity contribution in [2.45, 2.75) is 75.4 Å². The first-order chi connectivity index (χ1) is 23.2. The number of amides is 2. The maximum absolute atomic E-state index is 14.7. The maximum atomic E-state index is 14.7. The molecule has 0 saturated heterocycles. The van der Waals surface area contributed by atoms with Crippen molar-refractivity contribution in [2.75, 3.05) is 10.8 Å². The summed E-state index contributed by atoms with van der Waals surface area (Å²) in [5, 5.41) is 4.00. The molecule has 10 heteroatoms. The lowest BCUT2D eigenvalue weighted by atomic mass is 9.94. The topological polar surface area (TPSA) is 86.8 Å². The van der Waals surface area contributed by atoms with E-state index in [1.807, 2.05) is 49.4 Å². The van der Waals surface area contributed by atoms with Crippen molar-refractivity contribution in [2.24, 2.45) is 0 Å². The fourth-order valence-electron chi connectivity index (χ4n) is 6.08. The summed E-state index contributed by atoms with van der Waals surface area (Å²) in [5.41, 5.74) is 2.83. The SMILES string of the molecule is CCc1ccc(N(CC(=O)N(Cc2ccc(Cl)cc2Cl)[C@@H](Cc2ccccc2)C(=O)NC2CCCCC2)S(=O)(=O)c2ccccc2)cc1. The minimum atomic E-state index is -4.17. The molecule has 1 aliphatic rings. The van der Waals surface area contributed by atoms with Crippen LogP contribution in [0.5, 0.6) is 0 Å². The second kappa shape index (κ2) is 16.5. The number of carbonyl (C=O) groups is 2. The van der Waals surface area contributed by atoms with Gasteiger partial charge in [-0.1, -0.05) is 116 Å². The third-order valence-corrected chi connectivity index (χ3v) is 11.2. The Labute approximate surface area is 293 Å². The number of benzene rings is 4. The Hall–Kier alpha value is -3.85. The predicted molar refractivity (Wildman–Crippen MR) is 193 cm³/mol. The Kier molecular flexibility index (Phi) is 12.2. The van der Waals surface area contributed by atoms with Crippen LogP contribution in [0.3, 0.4) is 0 Å². The minimum absolute atomic E-state index is 0.00707. The number of anilines is 1. The number of carbonyl (C=O) groups excluding carboxylic acids is 2. The Morgan fingerprint density at radius 1 is 0.833 bits per heavy atom. The highest BCUT2D eigenvalue weighted by molar-refractivity contribution is 7.92. The third kappa shape index (κ3) is 8.98. The summed E-state index contributed by atoms with van der Waals surface area (Å²) in [7, 11) is -4.17. The zero-order valence-corrected chi connectivity index (χ0v) is 29.4. The quantitative estimate of drug-likeness (QED) is 0.154. The molecule has 7 nitrogen and oxygen atoms in total. The van der Waals surface area contributed by atoms with E-state index in [-0.39, 0.29) is 29.8 Å². The molecule has 1 fully saturated rings. The van der Waals surface area contributed by atoms with Gasteiger partial charge in [-0.05, 0) is 72.4 Å². The van der Waals surface area contributed by atoms with Crippen LogP contribution in [0, 0.1) is 0 Å². The van der Waals surface area contributed by atoms with Gasteiger partial charge in [0.2, 0.25) is 11.8 Å². The molecule has 1 aliphatic carbocycles. The summed E-state index contributed by atoms with van der Waals surface area (Å²) >= 11 is 12.8. The van der Waals surface area contributed by atoms with Crippen LogP contribution < -0.4 is 9.62 Å². The number of aryl methyl sites for hydroxylation is 1. The van der Waals surface area contributed by atoms with Crippen LogP contribution in [0.15, 0.2) is 108 Å². The van der Waals surface area contributed by atoms with Crippen LogP contribution in [-0.4, -0.2) is 43.8 Å². The molecule has 0 heterocycles. The van der Waals surface area contributed by atoms with Gasteiger partial charge in [-0.15, -0.1) is 0 Å². The van der Waals surface area contributed by atoms with Crippen molar-refractivity contribution < 1.29 is 18.0 Å². The van der Waals surface area contributed by atoms with Gasteiger partial charge in [0.1, 0.15) is 12.6 Å². The second-order valence-electron chi connectivity index (χ2n) is 12.2. The van der Waals surface area contributed by atoms with E-state index in [9.17, 15) is 18.0 Å². The predicted octanol–water partition coefficient (Wildman–Crippen LogP) is 7.84. The smallest absolute Gasteiger partial charge is 0.264 e. The van der Waals surface area contributed by atoms with E-state index < -0.39 is 28.5 Å². The molecule has 0 bridgehead atoms. The van der Waals surface area contributed by atoms with Crippen molar-refractivity contribution in [3.05, 3.63) is 130 Å². The van der Waals surface area contributed by atoms with Crippen molar-refractivity contribution in [3.8, 4) is 0 Å². The van der Waals surface area contributed by atoms with Crippen LogP contribution in [0.4, 0.5) is 5.69 Å². The molecule has 5 rings (SSSR count). The average Bonchev–Trinajstić information content (AvgIpc) is 3.10. The van der Waals surface area contributed by atoms with Gasteiger partial charge in [-0.3, -0.25) is 13.9 Å². The monoisotopic (exact) mass is 705 g/mol. The lowest BCUT2D eigenvalue weighted by molar-refractivity contribution is -0.140. The number of rotatable bonds is 13. The minimum Gasteiger partial charge on any atom is -0.352 e. The maximum Gasteiger partial charge on any atom is 0.264 e. The summed E-state index contributed by atoms with van der Waals surface area (Å²) in [6, 6.07) is 28.8. The second-order valence-corrected chi connectivity index (χ2v) is 14.9. The van der Waals surface area contributed by atoms with Gasteiger partial charge < -0.3 is 10.2 Å². The first-order valence-electron chi connectivity index (χ1n) is 16.4. The number of hydrogen-bond donors (Lipinski definition) is 1. The van der Waals surface area contributed by atoms with Gasteiger partial charge in [0, 0.05) is 29.1 Å². The van der Waals surface area contributed by atoms with E-state index in [0.29, 0.717) is 21.3 Å². The number of nitrogens with zero attached hydrogens (tertiary/aromatic N) is 2. The highest BCUT2D eigenvalue weighted by Crippen LogP contribution is 2.28. The van der Waals surface area contributed by atoms with E-state index in [1.54, 1.807) is 48.5 Å². The molecule has 1 N–H and O–H groups in total. The van der Waals surface area contributed by atoms with Gasteiger partial charge >= 0.3 is 0 Å². The third-order valence-electron chi connectivity index (χ3n) is 8.82. The van der Waals surface area contributed by atoms with E-state index >= 15 is 0 Å². The lowest BCUT2D eigenvalue weighted by Gasteiger charge is -2.35. The molecule has 1 saturated carbocycles. The fourth-order valence-corrected chi connectivity index (χ4v) is 7.98. The summed E-state index contributed by atoms with van der Waals surface area (Å²) < 4.78 is 29.5. The van der Waals surface area contributed by atoms with Crippen molar-refractivity contribution in [1.82, 2.24) is 10.2 Å². The molecule has 0 radical (unpaired) electrons. The van der Waals surface area contributed by atoms with Crippen LogP contribution in [-0.2, 0) is 39.0 Å². The Morgan fingerprint density at radius 3 is 2.10 bits per heavy atom. The van der Waals surface area contributed by atoms with E-state index in [0.717, 1.165) is 54.0 Å². The first-order valence-corrected chi connectivity index (χ1v) is 18.6. The molecule has 2 amide bonds. The van der Waals surface area contributed by atoms with Gasteiger partial charge in [0.05, 0.1) is 10.6 Å². The van der Waals surface area contributed by atoms with Crippen LogP contribution in [0.2, 0.25) is 10.0 Å². The van der Waals surface area contributed by atoms with Gasteiger partial charge in [0.25, 0.3) is 10.0 Å². The summed E-state index contributed by atoms with van der Waals surface area (Å²) in [6.07, 6.45) is 5.94. The van der Waals surface area contributed by atoms with Gasteiger partial charge in [-0.25, -0.2) is 8.42 Å². The molecular weight excluding hydrogens is 665 g/mol. The largest absolute Gasteiger partial charge is 0.352 e. The molecule has 0 aliphatic heterocycles. The molecule has 0 aromatic heterocycles. The summed E-state index contributed by atoms with van der Waals surface area (Å²) in [4.78, 5) is 30.5. The number of halogens is 2. The normalized spacial score (nSPS) is 14.2. The van der Waals surface area contributed by atoms with Gasteiger partial charge in [-0.2, -0.15) is 0 Å². The molecule has 0 spiro atoms. The molecule has 1 atom stereocenters. The summed E-state index contributed by atoms with van der Waals surface area (Å²) in [6.45, 7) is 1.45. The summed E-state index contributed by atoms with van der Waals surface area (Å²) in [5.74, 6) is -0.825. The van der Waals surface area contributed by atoms with Crippen LogP contribution >= 0.6 is 23.2 Å². The molecule has 252 valence electrons. The van der Waals surface area contributed by atoms with E-state index in [2.05, 4.69) is 5.32 Å². The van der Waals surface area contributed by atoms with Gasteiger partial charge in [0.15, 0.2) is 0 Å². The van der Waals surface area contributed by atoms with Crippen LogP contribution in [0.25, 0.3) is 0 Å². The highest BCUT2D eigenvalue weighted by atomic mass is 35.5. The molecule has 0 unspecified atom stereocenters. The van der Waals surface area contributed by atoms with Crippen LogP contribution in [0.1, 0.15) is 55.7 Å². The van der Waals surface area contributed by atoms with E-state index in [1.165, 1.54) is 17.0 Å². The number of nitrogens with one attached hydrogen (secondary N) is 1. The highest BCUT2D eigenvalue weighted by Gasteiger charge is 2.35. The molecule has 4 aromatic rings. The Balaban J connectivity index is 1.57. The zero-order valence-electron chi connectivity index (χ0n) is 27.0. The Morgan fingerprint density at radius 2 is 1.48 bits per heavy atom.